The van der Waals surface area contributed by atoms with E-state index in [4.69, 9.17) is 4.74 Å². The van der Waals surface area contributed by atoms with Crippen LogP contribution in [0.15, 0.2) is 23.8 Å². The lowest BCUT2D eigenvalue weighted by Gasteiger charge is -2.06. The van der Waals surface area contributed by atoms with E-state index in [1.807, 2.05) is 0 Å². The van der Waals surface area contributed by atoms with E-state index >= 15 is 0 Å². The highest BCUT2D eigenvalue weighted by Gasteiger charge is 2.03. The number of ether oxygens (including phenoxy) is 1. The van der Waals surface area contributed by atoms with Crippen molar-refractivity contribution in [2.24, 2.45) is 0 Å². The van der Waals surface area contributed by atoms with Gasteiger partial charge in [-0.1, -0.05) is 6.92 Å². The van der Waals surface area contributed by atoms with Gasteiger partial charge in [-0.3, -0.25) is 0 Å². The molecule has 2 aromatic heterocycles. The van der Waals surface area contributed by atoms with Gasteiger partial charge in [-0.15, -0.1) is 11.3 Å². The second-order valence-electron chi connectivity index (χ2n) is 3.52. The van der Waals surface area contributed by atoms with Crippen molar-refractivity contribution in [3.05, 3.63) is 34.3 Å². The first-order valence-electron chi connectivity index (χ1n) is 5.48. The van der Waals surface area contributed by atoms with E-state index in [-0.39, 0.29) is 0 Å². The lowest BCUT2D eigenvalue weighted by atomic mass is 10.2. The number of nitrogens with one attached hydrogen (secondary N) is 1. The Hall–Kier alpha value is -1.62. The van der Waals surface area contributed by atoms with E-state index in [0.29, 0.717) is 5.88 Å². The molecule has 2 aromatic rings. The highest BCUT2D eigenvalue weighted by Crippen LogP contribution is 2.19. The third-order valence-electron chi connectivity index (χ3n) is 2.50. The Balaban J connectivity index is 2.02. The van der Waals surface area contributed by atoms with Gasteiger partial charge in [0.25, 0.3) is 0 Å². The number of hydrogen-bond acceptors (Lipinski definition) is 5. The summed E-state index contributed by atoms with van der Waals surface area (Å²) in [4.78, 5) is 9.46. The van der Waals surface area contributed by atoms with E-state index in [1.165, 1.54) is 16.8 Å². The Bertz CT molecular complexity index is 484. The van der Waals surface area contributed by atoms with Gasteiger partial charge in [-0.2, -0.15) is 0 Å². The molecule has 0 saturated heterocycles. The van der Waals surface area contributed by atoms with Crippen LogP contribution < -0.4 is 10.1 Å². The molecular formula is C12H15N3OS. The van der Waals surface area contributed by atoms with Crippen molar-refractivity contribution in [2.75, 3.05) is 12.4 Å². The Labute approximate surface area is 105 Å². The van der Waals surface area contributed by atoms with Crippen LogP contribution in [0.25, 0.3) is 0 Å². The molecule has 0 saturated carbocycles. The molecule has 0 aliphatic carbocycles. The molecule has 0 unspecified atom stereocenters. The Kier molecular flexibility index (Phi) is 3.93. The quantitative estimate of drug-likeness (QED) is 0.885. The van der Waals surface area contributed by atoms with Gasteiger partial charge in [0.05, 0.1) is 13.7 Å². The van der Waals surface area contributed by atoms with Crippen LogP contribution in [0.3, 0.4) is 0 Å². The molecule has 2 rings (SSSR count). The topological polar surface area (TPSA) is 47.0 Å². The van der Waals surface area contributed by atoms with Crippen LogP contribution in [-0.4, -0.2) is 17.1 Å². The summed E-state index contributed by atoms with van der Waals surface area (Å²) in [6.45, 7) is 2.96. The van der Waals surface area contributed by atoms with Gasteiger partial charge in [0, 0.05) is 10.9 Å². The van der Waals surface area contributed by atoms with Crippen molar-refractivity contribution >= 4 is 17.2 Å². The standard InChI is InChI=1S/C12H15N3OS/c1-3-9-4-5-17-10(9)7-13-11-6-12(16-2)15-8-14-11/h4-6,8H,3,7H2,1-2H3,(H,13,14,15). The van der Waals surface area contributed by atoms with Crippen LogP contribution in [-0.2, 0) is 13.0 Å². The van der Waals surface area contributed by atoms with E-state index in [2.05, 4.69) is 33.7 Å². The number of methoxy groups -OCH3 is 1. The zero-order valence-electron chi connectivity index (χ0n) is 9.93. The lowest BCUT2D eigenvalue weighted by Crippen LogP contribution is -2.02. The first-order chi connectivity index (χ1) is 8.33. The monoisotopic (exact) mass is 249 g/mol. The molecule has 1 N–H and O–H groups in total. The number of anilines is 1. The predicted octanol–water partition coefficient (Wildman–Crippen LogP) is 2.72. The molecule has 4 nitrogen and oxygen atoms in total. The van der Waals surface area contributed by atoms with Gasteiger partial charge >= 0.3 is 0 Å². The summed E-state index contributed by atoms with van der Waals surface area (Å²) >= 11 is 1.77. The second-order valence-corrected chi connectivity index (χ2v) is 4.52. The molecule has 0 aromatic carbocycles. The van der Waals surface area contributed by atoms with E-state index in [1.54, 1.807) is 24.5 Å². The fraction of sp³-hybridized carbons (Fsp3) is 0.333. The number of aromatic nitrogens is 2. The number of hydrogen-bond donors (Lipinski definition) is 1. The predicted molar refractivity (Wildman–Crippen MR) is 69.6 cm³/mol. The minimum atomic E-state index is 0.574. The summed E-state index contributed by atoms with van der Waals surface area (Å²) in [6.07, 6.45) is 2.56. The van der Waals surface area contributed by atoms with Crippen LogP contribution in [0.5, 0.6) is 5.88 Å². The average molecular weight is 249 g/mol. The molecule has 0 spiro atoms. The fourth-order valence-corrected chi connectivity index (χ4v) is 2.47. The zero-order valence-corrected chi connectivity index (χ0v) is 10.8. The zero-order chi connectivity index (χ0) is 12.1. The molecule has 0 aliphatic rings. The molecule has 0 radical (unpaired) electrons. The van der Waals surface area contributed by atoms with Crippen molar-refractivity contribution < 1.29 is 4.74 Å². The van der Waals surface area contributed by atoms with Gasteiger partial charge < -0.3 is 10.1 Å². The molecule has 2 heterocycles. The SMILES string of the molecule is CCc1ccsc1CNc1cc(OC)ncn1. The Morgan fingerprint density at radius 1 is 1.41 bits per heavy atom. The summed E-state index contributed by atoms with van der Waals surface area (Å²) in [5.41, 5.74) is 1.39. The third kappa shape index (κ3) is 2.94. The smallest absolute Gasteiger partial charge is 0.218 e. The summed E-state index contributed by atoms with van der Waals surface area (Å²) < 4.78 is 5.05. The van der Waals surface area contributed by atoms with Gasteiger partial charge in [0.1, 0.15) is 12.1 Å². The molecule has 5 heteroatoms. The van der Waals surface area contributed by atoms with Crippen molar-refractivity contribution in [1.29, 1.82) is 0 Å². The lowest BCUT2D eigenvalue weighted by molar-refractivity contribution is 0.397. The molecule has 90 valence electrons. The highest BCUT2D eigenvalue weighted by molar-refractivity contribution is 7.10. The molecule has 0 bridgehead atoms. The summed E-state index contributed by atoms with van der Waals surface area (Å²) in [5.74, 6) is 1.36. The fourth-order valence-electron chi connectivity index (χ4n) is 1.56. The summed E-state index contributed by atoms with van der Waals surface area (Å²) in [7, 11) is 1.60. The largest absolute Gasteiger partial charge is 0.481 e. The first kappa shape index (κ1) is 11.9. The normalized spacial score (nSPS) is 10.2. The van der Waals surface area contributed by atoms with Gasteiger partial charge in [-0.25, -0.2) is 9.97 Å². The van der Waals surface area contributed by atoms with Crippen molar-refractivity contribution in [3.63, 3.8) is 0 Å². The van der Waals surface area contributed by atoms with Crippen LogP contribution >= 0.6 is 11.3 Å². The van der Waals surface area contributed by atoms with Crippen molar-refractivity contribution in [1.82, 2.24) is 9.97 Å². The maximum absolute atomic E-state index is 5.05. The van der Waals surface area contributed by atoms with Gasteiger partial charge in [-0.05, 0) is 23.4 Å². The van der Waals surface area contributed by atoms with Gasteiger partial charge in [0.15, 0.2) is 0 Å². The Morgan fingerprint density at radius 2 is 2.29 bits per heavy atom. The van der Waals surface area contributed by atoms with E-state index in [0.717, 1.165) is 18.8 Å². The number of rotatable bonds is 5. The summed E-state index contributed by atoms with van der Waals surface area (Å²) in [5, 5.41) is 5.40. The van der Waals surface area contributed by atoms with Crippen molar-refractivity contribution in [3.8, 4) is 5.88 Å². The van der Waals surface area contributed by atoms with Crippen molar-refractivity contribution in [2.45, 2.75) is 19.9 Å². The van der Waals surface area contributed by atoms with Crippen LogP contribution in [0.4, 0.5) is 5.82 Å². The molecule has 0 amide bonds. The van der Waals surface area contributed by atoms with E-state index < -0.39 is 0 Å². The second kappa shape index (κ2) is 5.63. The highest BCUT2D eigenvalue weighted by atomic mass is 32.1. The number of aryl methyl sites for hydroxylation is 1. The molecular weight excluding hydrogens is 234 g/mol. The van der Waals surface area contributed by atoms with Crippen LogP contribution in [0, 0.1) is 0 Å². The van der Waals surface area contributed by atoms with E-state index in [9.17, 15) is 0 Å². The summed E-state index contributed by atoms with van der Waals surface area (Å²) in [6, 6.07) is 3.96. The minimum absolute atomic E-state index is 0.574. The molecule has 0 atom stereocenters. The minimum Gasteiger partial charge on any atom is -0.481 e. The van der Waals surface area contributed by atoms with Crippen LogP contribution in [0.2, 0.25) is 0 Å². The first-order valence-corrected chi connectivity index (χ1v) is 6.36. The molecule has 0 aliphatic heterocycles. The van der Waals surface area contributed by atoms with Gasteiger partial charge in [0.2, 0.25) is 5.88 Å². The maximum Gasteiger partial charge on any atom is 0.218 e. The van der Waals surface area contributed by atoms with Crippen LogP contribution in [0.1, 0.15) is 17.4 Å². The molecule has 17 heavy (non-hydrogen) atoms. The third-order valence-corrected chi connectivity index (χ3v) is 3.46. The molecule has 0 fully saturated rings. The maximum atomic E-state index is 5.05. The number of thiophene rings is 1. The Morgan fingerprint density at radius 3 is 3.06 bits per heavy atom. The number of nitrogens with zero attached hydrogens (tertiary/aromatic N) is 2. The average Bonchev–Trinajstić information content (AvgIpc) is 2.84.